The first kappa shape index (κ1) is 15.6. The summed E-state index contributed by atoms with van der Waals surface area (Å²) in [5.74, 6) is -0.0883. The molecule has 1 fully saturated rings. The molecule has 1 heterocycles. The van der Waals surface area contributed by atoms with Crippen LogP contribution in [-0.4, -0.2) is 46.5 Å². The lowest BCUT2D eigenvalue weighted by Gasteiger charge is -2.23. The number of carbonyl (C=O) groups excluding carboxylic acids is 1. The molecule has 114 valence electrons. The number of hydrogen-bond acceptors (Lipinski definition) is 5. The Balaban J connectivity index is 2.00. The SMILES string of the molecule is O=C(CN1CCCC1CCCO)c1cccc([N+](=O)[O-])c1. The number of ketones is 1. The van der Waals surface area contributed by atoms with Crippen LogP contribution in [0.25, 0.3) is 0 Å². The van der Waals surface area contributed by atoms with Gasteiger partial charge in [-0.3, -0.25) is 19.8 Å². The molecule has 0 amide bonds. The zero-order valence-corrected chi connectivity index (χ0v) is 11.9. The number of Topliss-reactive ketones (excluding diaryl/α,β-unsaturated/α-hetero) is 1. The molecular formula is C15H20N2O4. The van der Waals surface area contributed by atoms with Crippen LogP contribution in [0.4, 0.5) is 5.69 Å². The molecular weight excluding hydrogens is 272 g/mol. The van der Waals surface area contributed by atoms with Crippen LogP contribution in [0, 0.1) is 10.1 Å². The van der Waals surface area contributed by atoms with Crippen molar-refractivity contribution >= 4 is 11.5 Å². The first-order valence-electron chi connectivity index (χ1n) is 7.24. The molecule has 1 N–H and O–H groups in total. The van der Waals surface area contributed by atoms with Gasteiger partial charge in [-0.05, 0) is 32.2 Å². The van der Waals surface area contributed by atoms with Crippen LogP contribution in [0.5, 0.6) is 0 Å². The zero-order chi connectivity index (χ0) is 15.2. The number of aliphatic hydroxyl groups is 1. The van der Waals surface area contributed by atoms with Crippen molar-refractivity contribution in [2.75, 3.05) is 19.7 Å². The fourth-order valence-corrected chi connectivity index (χ4v) is 2.83. The minimum absolute atomic E-state index is 0.0564. The molecule has 0 radical (unpaired) electrons. The highest BCUT2D eigenvalue weighted by Gasteiger charge is 2.26. The summed E-state index contributed by atoms with van der Waals surface area (Å²) in [4.78, 5) is 24.7. The van der Waals surface area contributed by atoms with E-state index in [1.54, 1.807) is 12.1 Å². The Kier molecular flexibility index (Phi) is 5.41. The number of hydrogen-bond donors (Lipinski definition) is 1. The molecule has 0 spiro atoms. The molecule has 1 aromatic rings. The van der Waals surface area contributed by atoms with Crippen molar-refractivity contribution in [3.63, 3.8) is 0 Å². The van der Waals surface area contributed by atoms with Crippen molar-refractivity contribution in [2.45, 2.75) is 31.7 Å². The molecule has 0 aliphatic carbocycles. The molecule has 1 unspecified atom stereocenters. The summed E-state index contributed by atoms with van der Waals surface area (Å²) < 4.78 is 0. The number of aliphatic hydroxyl groups excluding tert-OH is 1. The lowest BCUT2D eigenvalue weighted by Crippen LogP contribution is -2.34. The quantitative estimate of drug-likeness (QED) is 0.472. The Morgan fingerprint density at radius 1 is 1.48 bits per heavy atom. The molecule has 1 aliphatic rings. The smallest absolute Gasteiger partial charge is 0.270 e. The van der Waals surface area contributed by atoms with Crippen molar-refractivity contribution in [1.29, 1.82) is 0 Å². The van der Waals surface area contributed by atoms with E-state index in [4.69, 9.17) is 5.11 Å². The van der Waals surface area contributed by atoms with Gasteiger partial charge in [-0.2, -0.15) is 0 Å². The summed E-state index contributed by atoms with van der Waals surface area (Å²) in [5, 5.41) is 19.7. The molecule has 1 saturated heterocycles. The zero-order valence-electron chi connectivity index (χ0n) is 11.9. The molecule has 6 nitrogen and oxygen atoms in total. The van der Waals surface area contributed by atoms with Gasteiger partial charge >= 0.3 is 0 Å². The third-order valence-electron chi connectivity index (χ3n) is 3.92. The van der Waals surface area contributed by atoms with E-state index in [1.165, 1.54) is 12.1 Å². The fraction of sp³-hybridized carbons (Fsp3) is 0.533. The summed E-state index contributed by atoms with van der Waals surface area (Å²) in [5.41, 5.74) is 0.330. The van der Waals surface area contributed by atoms with E-state index in [2.05, 4.69) is 4.90 Å². The van der Waals surface area contributed by atoms with E-state index in [0.29, 0.717) is 11.6 Å². The van der Waals surface area contributed by atoms with Crippen molar-refractivity contribution in [1.82, 2.24) is 4.90 Å². The number of carbonyl (C=O) groups is 1. The van der Waals surface area contributed by atoms with E-state index in [1.807, 2.05) is 0 Å². The Bertz CT molecular complexity index is 518. The van der Waals surface area contributed by atoms with Crippen LogP contribution in [0.3, 0.4) is 0 Å². The van der Waals surface area contributed by atoms with Gasteiger partial charge in [-0.25, -0.2) is 0 Å². The van der Waals surface area contributed by atoms with E-state index in [-0.39, 0.29) is 24.6 Å². The fourth-order valence-electron chi connectivity index (χ4n) is 2.83. The second-order valence-electron chi connectivity index (χ2n) is 5.36. The van der Waals surface area contributed by atoms with Gasteiger partial charge in [0, 0.05) is 30.3 Å². The normalized spacial score (nSPS) is 18.8. The van der Waals surface area contributed by atoms with Gasteiger partial charge < -0.3 is 5.11 Å². The number of nitrogens with zero attached hydrogens (tertiary/aromatic N) is 2. The maximum absolute atomic E-state index is 12.3. The minimum Gasteiger partial charge on any atom is -0.396 e. The topological polar surface area (TPSA) is 83.7 Å². The molecule has 1 atom stereocenters. The summed E-state index contributed by atoms with van der Waals surface area (Å²) in [7, 11) is 0. The third kappa shape index (κ3) is 4.09. The Morgan fingerprint density at radius 2 is 2.29 bits per heavy atom. The molecule has 0 bridgehead atoms. The summed E-state index contributed by atoms with van der Waals surface area (Å²) in [6.45, 7) is 1.33. The van der Waals surface area contributed by atoms with E-state index in [0.717, 1.165) is 32.2 Å². The highest BCUT2D eigenvalue weighted by Crippen LogP contribution is 2.22. The molecule has 6 heteroatoms. The van der Waals surface area contributed by atoms with Crippen molar-refractivity contribution < 1.29 is 14.8 Å². The molecule has 0 saturated carbocycles. The molecule has 1 aromatic carbocycles. The van der Waals surface area contributed by atoms with Gasteiger partial charge in [0.05, 0.1) is 11.5 Å². The van der Waals surface area contributed by atoms with Gasteiger partial charge in [-0.15, -0.1) is 0 Å². The van der Waals surface area contributed by atoms with Crippen LogP contribution >= 0.6 is 0 Å². The lowest BCUT2D eigenvalue weighted by molar-refractivity contribution is -0.384. The largest absolute Gasteiger partial charge is 0.396 e. The first-order valence-corrected chi connectivity index (χ1v) is 7.24. The second kappa shape index (κ2) is 7.28. The third-order valence-corrected chi connectivity index (χ3v) is 3.92. The predicted molar refractivity (Wildman–Crippen MR) is 78.3 cm³/mol. The van der Waals surface area contributed by atoms with Crippen molar-refractivity contribution in [3.05, 3.63) is 39.9 Å². The van der Waals surface area contributed by atoms with Crippen LogP contribution in [0.1, 0.15) is 36.0 Å². The van der Waals surface area contributed by atoms with Crippen LogP contribution in [-0.2, 0) is 0 Å². The maximum atomic E-state index is 12.3. The standard InChI is InChI=1S/C15H20N2O4/c18-9-3-7-13-6-2-8-16(13)11-15(19)12-4-1-5-14(10-12)17(20)21/h1,4-5,10,13,18H,2-3,6-9,11H2. The van der Waals surface area contributed by atoms with Crippen LogP contribution in [0.2, 0.25) is 0 Å². The van der Waals surface area contributed by atoms with E-state index < -0.39 is 4.92 Å². The lowest BCUT2D eigenvalue weighted by atomic mass is 10.1. The van der Waals surface area contributed by atoms with Gasteiger partial charge in [0.25, 0.3) is 5.69 Å². The summed E-state index contributed by atoms with van der Waals surface area (Å²) >= 11 is 0. The van der Waals surface area contributed by atoms with E-state index >= 15 is 0 Å². The van der Waals surface area contributed by atoms with Gasteiger partial charge in [-0.1, -0.05) is 12.1 Å². The average molecular weight is 292 g/mol. The molecule has 0 aromatic heterocycles. The Hall–Kier alpha value is -1.79. The number of non-ortho nitro benzene ring substituents is 1. The number of likely N-dealkylation sites (tertiary alicyclic amines) is 1. The Labute approximate surface area is 123 Å². The molecule has 2 rings (SSSR count). The number of nitro groups is 1. The van der Waals surface area contributed by atoms with Gasteiger partial charge in [0.2, 0.25) is 0 Å². The van der Waals surface area contributed by atoms with E-state index in [9.17, 15) is 14.9 Å². The summed E-state index contributed by atoms with van der Waals surface area (Å²) in [6.07, 6.45) is 3.73. The van der Waals surface area contributed by atoms with Crippen LogP contribution < -0.4 is 0 Å². The highest BCUT2D eigenvalue weighted by molar-refractivity contribution is 5.98. The number of benzene rings is 1. The average Bonchev–Trinajstić information content (AvgIpc) is 2.92. The maximum Gasteiger partial charge on any atom is 0.270 e. The molecule has 21 heavy (non-hydrogen) atoms. The van der Waals surface area contributed by atoms with Crippen molar-refractivity contribution in [3.8, 4) is 0 Å². The van der Waals surface area contributed by atoms with Crippen molar-refractivity contribution in [2.24, 2.45) is 0 Å². The van der Waals surface area contributed by atoms with Crippen LogP contribution in [0.15, 0.2) is 24.3 Å². The van der Waals surface area contributed by atoms with Gasteiger partial charge in [0.1, 0.15) is 0 Å². The number of nitro benzene ring substituents is 1. The highest BCUT2D eigenvalue weighted by atomic mass is 16.6. The first-order chi connectivity index (χ1) is 10.1. The second-order valence-corrected chi connectivity index (χ2v) is 5.36. The van der Waals surface area contributed by atoms with Gasteiger partial charge in [0.15, 0.2) is 5.78 Å². The molecule has 1 aliphatic heterocycles. The summed E-state index contributed by atoms with van der Waals surface area (Å²) in [6, 6.07) is 6.21. The predicted octanol–water partition coefficient (Wildman–Crippen LogP) is 2.01. The minimum atomic E-state index is -0.489. The number of rotatable bonds is 7. The Morgan fingerprint density at radius 3 is 3.00 bits per heavy atom. The monoisotopic (exact) mass is 292 g/mol.